The second-order valence-corrected chi connectivity index (χ2v) is 8.48. The number of benzene rings is 1. The fourth-order valence-corrected chi connectivity index (χ4v) is 4.33. The van der Waals surface area contributed by atoms with Crippen LogP contribution in [0.2, 0.25) is 0 Å². The van der Waals surface area contributed by atoms with E-state index in [1.54, 1.807) is 12.1 Å². The zero-order chi connectivity index (χ0) is 17.3. The number of fused-ring (bicyclic) bond motifs is 1. The molecule has 0 aromatic heterocycles. The molecule has 0 bridgehead atoms. The number of hydrogen-bond acceptors (Lipinski definition) is 4. The molecular weight excluding hydrogens is 326 g/mol. The fraction of sp³-hybridized carbons (Fsp3) is 0.588. The molecule has 1 aromatic rings. The summed E-state index contributed by atoms with van der Waals surface area (Å²) in [7, 11) is -3.70. The van der Waals surface area contributed by atoms with E-state index < -0.39 is 10.0 Å². The molecule has 0 radical (unpaired) electrons. The van der Waals surface area contributed by atoms with Crippen molar-refractivity contribution in [1.29, 1.82) is 0 Å². The molecular formula is C17H25N3O3S. The average molecular weight is 351 g/mol. The third kappa shape index (κ3) is 3.72. The SMILES string of the molecule is CC1Cc2cc(S(N)(=O)=O)ccc2N1CC(=O)NC1CCCCC1. The molecule has 1 saturated carbocycles. The molecule has 1 aromatic carbocycles. The molecule has 1 fully saturated rings. The lowest BCUT2D eigenvalue weighted by Crippen LogP contribution is -2.44. The van der Waals surface area contributed by atoms with Gasteiger partial charge >= 0.3 is 0 Å². The van der Waals surface area contributed by atoms with E-state index in [0.717, 1.165) is 30.5 Å². The highest BCUT2D eigenvalue weighted by Gasteiger charge is 2.29. The van der Waals surface area contributed by atoms with E-state index in [1.165, 1.54) is 25.3 Å². The molecule has 3 rings (SSSR count). The fourth-order valence-electron chi connectivity index (χ4n) is 3.76. The van der Waals surface area contributed by atoms with Gasteiger partial charge in [0.15, 0.2) is 0 Å². The number of anilines is 1. The molecule has 1 amide bonds. The topological polar surface area (TPSA) is 92.5 Å². The van der Waals surface area contributed by atoms with E-state index in [9.17, 15) is 13.2 Å². The van der Waals surface area contributed by atoms with E-state index in [2.05, 4.69) is 5.32 Å². The Labute approximate surface area is 143 Å². The van der Waals surface area contributed by atoms with Crippen LogP contribution in [0.15, 0.2) is 23.1 Å². The lowest BCUT2D eigenvalue weighted by molar-refractivity contribution is -0.120. The molecule has 0 saturated heterocycles. The number of hydrogen-bond donors (Lipinski definition) is 2. The van der Waals surface area contributed by atoms with E-state index in [-0.39, 0.29) is 16.8 Å². The van der Waals surface area contributed by atoms with Gasteiger partial charge in [-0.2, -0.15) is 0 Å². The molecule has 3 N–H and O–H groups in total. The number of nitrogens with one attached hydrogen (secondary N) is 1. The van der Waals surface area contributed by atoms with Crippen molar-refractivity contribution in [2.75, 3.05) is 11.4 Å². The Bertz CT molecular complexity index is 727. The van der Waals surface area contributed by atoms with Gasteiger partial charge in [-0.3, -0.25) is 4.79 Å². The van der Waals surface area contributed by atoms with Gasteiger partial charge in [0.1, 0.15) is 0 Å². The highest BCUT2D eigenvalue weighted by molar-refractivity contribution is 7.89. The Morgan fingerprint density at radius 3 is 2.67 bits per heavy atom. The summed E-state index contributed by atoms with van der Waals surface area (Å²) in [6.45, 7) is 2.35. The van der Waals surface area contributed by atoms with Crippen molar-refractivity contribution in [3.8, 4) is 0 Å². The first kappa shape index (κ1) is 17.2. The number of carbonyl (C=O) groups excluding carboxylic acids is 1. The summed E-state index contributed by atoms with van der Waals surface area (Å²) in [5.41, 5.74) is 1.85. The predicted octanol–water partition coefficient (Wildman–Crippen LogP) is 1.53. The van der Waals surface area contributed by atoms with Crippen molar-refractivity contribution in [1.82, 2.24) is 5.32 Å². The highest BCUT2D eigenvalue weighted by atomic mass is 32.2. The van der Waals surface area contributed by atoms with Gasteiger partial charge in [0.05, 0.1) is 11.4 Å². The quantitative estimate of drug-likeness (QED) is 0.860. The van der Waals surface area contributed by atoms with Gasteiger partial charge in [-0.1, -0.05) is 19.3 Å². The molecule has 1 unspecified atom stereocenters. The summed E-state index contributed by atoms with van der Waals surface area (Å²) >= 11 is 0. The molecule has 6 nitrogen and oxygen atoms in total. The molecule has 2 aliphatic rings. The Morgan fingerprint density at radius 1 is 1.29 bits per heavy atom. The van der Waals surface area contributed by atoms with Crippen LogP contribution in [0.3, 0.4) is 0 Å². The third-order valence-corrected chi connectivity index (χ3v) is 5.93. The zero-order valence-corrected chi connectivity index (χ0v) is 14.8. The van der Waals surface area contributed by atoms with Gasteiger partial charge in [0.2, 0.25) is 15.9 Å². The first-order chi connectivity index (χ1) is 11.3. The van der Waals surface area contributed by atoms with Crippen LogP contribution in [0.4, 0.5) is 5.69 Å². The number of rotatable bonds is 4. The van der Waals surface area contributed by atoms with Crippen molar-refractivity contribution in [2.24, 2.45) is 5.14 Å². The maximum Gasteiger partial charge on any atom is 0.239 e. The molecule has 0 spiro atoms. The smallest absolute Gasteiger partial charge is 0.239 e. The minimum absolute atomic E-state index is 0.0390. The van der Waals surface area contributed by atoms with Gasteiger partial charge in [-0.15, -0.1) is 0 Å². The third-order valence-electron chi connectivity index (χ3n) is 5.02. The van der Waals surface area contributed by atoms with Crippen molar-refractivity contribution < 1.29 is 13.2 Å². The minimum atomic E-state index is -3.70. The number of primary sulfonamides is 1. The van der Waals surface area contributed by atoms with E-state index in [4.69, 9.17) is 5.14 Å². The average Bonchev–Trinajstić information content (AvgIpc) is 2.82. The van der Waals surface area contributed by atoms with Gasteiger partial charge < -0.3 is 10.2 Å². The Balaban J connectivity index is 1.70. The maximum atomic E-state index is 12.4. The van der Waals surface area contributed by atoms with Crippen LogP contribution < -0.4 is 15.4 Å². The second-order valence-electron chi connectivity index (χ2n) is 6.92. The van der Waals surface area contributed by atoms with Gasteiger partial charge in [0.25, 0.3) is 0 Å². The predicted molar refractivity (Wildman–Crippen MR) is 93.3 cm³/mol. The minimum Gasteiger partial charge on any atom is -0.359 e. The Morgan fingerprint density at radius 2 is 2.00 bits per heavy atom. The van der Waals surface area contributed by atoms with Crippen LogP contribution in [0.25, 0.3) is 0 Å². The largest absolute Gasteiger partial charge is 0.359 e. The molecule has 1 aliphatic carbocycles. The van der Waals surface area contributed by atoms with Crippen LogP contribution in [-0.4, -0.2) is 33.0 Å². The Hall–Kier alpha value is -1.60. The van der Waals surface area contributed by atoms with Crippen molar-refractivity contribution >= 4 is 21.6 Å². The number of sulfonamides is 1. The van der Waals surface area contributed by atoms with Crippen molar-refractivity contribution in [3.63, 3.8) is 0 Å². The van der Waals surface area contributed by atoms with Crippen LogP contribution in [0.5, 0.6) is 0 Å². The van der Waals surface area contributed by atoms with E-state index >= 15 is 0 Å². The summed E-state index contributed by atoms with van der Waals surface area (Å²) in [6, 6.07) is 5.35. The van der Waals surface area contributed by atoms with Crippen LogP contribution in [0.1, 0.15) is 44.6 Å². The maximum absolute atomic E-state index is 12.4. The Kier molecular flexibility index (Phi) is 4.83. The molecule has 7 heteroatoms. The van der Waals surface area contributed by atoms with Gasteiger partial charge in [0, 0.05) is 17.8 Å². The summed E-state index contributed by atoms with van der Waals surface area (Å²) in [5, 5.41) is 8.34. The zero-order valence-electron chi connectivity index (χ0n) is 14.0. The normalized spacial score (nSPS) is 21.6. The molecule has 1 aliphatic heterocycles. The number of nitrogens with zero attached hydrogens (tertiary/aromatic N) is 1. The standard InChI is InChI=1S/C17H25N3O3S/c1-12-9-13-10-15(24(18,22)23)7-8-16(13)20(12)11-17(21)19-14-5-3-2-4-6-14/h7-8,10,12,14H,2-6,9,11H2,1H3,(H,19,21)(H2,18,22,23). The monoisotopic (exact) mass is 351 g/mol. The first-order valence-electron chi connectivity index (χ1n) is 8.56. The second kappa shape index (κ2) is 6.72. The summed E-state index contributed by atoms with van der Waals surface area (Å²) in [6.07, 6.45) is 6.48. The summed E-state index contributed by atoms with van der Waals surface area (Å²) in [5.74, 6) is 0.0390. The molecule has 1 heterocycles. The first-order valence-corrected chi connectivity index (χ1v) is 10.1. The highest BCUT2D eigenvalue weighted by Crippen LogP contribution is 2.33. The van der Waals surface area contributed by atoms with Gasteiger partial charge in [-0.05, 0) is 49.9 Å². The number of nitrogens with two attached hydrogens (primary N) is 1. The summed E-state index contributed by atoms with van der Waals surface area (Å²) < 4.78 is 23.0. The van der Waals surface area contributed by atoms with Crippen molar-refractivity contribution in [3.05, 3.63) is 23.8 Å². The van der Waals surface area contributed by atoms with E-state index in [0.29, 0.717) is 12.6 Å². The van der Waals surface area contributed by atoms with Gasteiger partial charge in [-0.25, -0.2) is 13.6 Å². The molecule has 1 atom stereocenters. The van der Waals surface area contributed by atoms with Crippen molar-refractivity contribution in [2.45, 2.75) is 62.4 Å². The molecule has 132 valence electrons. The number of carbonyl (C=O) groups is 1. The van der Waals surface area contributed by atoms with Crippen LogP contribution >= 0.6 is 0 Å². The van der Waals surface area contributed by atoms with Crippen LogP contribution in [-0.2, 0) is 21.2 Å². The lowest BCUT2D eigenvalue weighted by atomic mass is 9.95. The lowest BCUT2D eigenvalue weighted by Gasteiger charge is -2.27. The van der Waals surface area contributed by atoms with E-state index in [1.807, 2.05) is 11.8 Å². The number of amides is 1. The van der Waals surface area contributed by atoms with Crippen LogP contribution in [0, 0.1) is 0 Å². The molecule has 24 heavy (non-hydrogen) atoms. The summed E-state index contributed by atoms with van der Waals surface area (Å²) in [4.78, 5) is 14.5.